The van der Waals surface area contributed by atoms with Crippen LogP contribution in [-0.2, 0) is 0 Å². The molecule has 0 amide bonds. The number of benzene rings is 2. The highest BCUT2D eigenvalue weighted by molar-refractivity contribution is 9.10. The van der Waals surface area contributed by atoms with E-state index in [1.165, 1.54) is 18.2 Å². The number of nitriles is 1. The van der Waals surface area contributed by atoms with Crippen molar-refractivity contribution in [3.63, 3.8) is 0 Å². The van der Waals surface area contributed by atoms with Crippen molar-refractivity contribution in [3.05, 3.63) is 63.6 Å². The summed E-state index contributed by atoms with van der Waals surface area (Å²) in [5, 5.41) is 11.7. The molecule has 0 radical (unpaired) electrons. The Morgan fingerprint density at radius 2 is 1.90 bits per heavy atom. The summed E-state index contributed by atoms with van der Waals surface area (Å²) in [6.07, 6.45) is 0. The van der Waals surface area contributed by atoms with Crippen molar-refractivity contribution in [2.75, 3.05) is 5.32 Å². The second-order valence-corrected chi connectivity index (χ2v) is 5.20. The van der Waals surface area contributed by atoms with Crippen LogP contribution in [-0.4, -0.2) is 0 Å². The van der Waals surface area contributed by atoms with E-state index < -0.39 is 5.82 Å². The van der Waals surface area contributed by atoms with Gasteiger partial charge in [0.05, 0.1) is 21.8 Å². The lowest BCUT2D eigenvalue weighted by molar-refractivity contribution is 0.618. The predicted molar refractivity (Wildman–Crippen MR) is 77.3 cm³/mol. The minimum Gasteiger partial charge on any atom is -0.376 e. The lowest BCUT2D eigenvalue weighted by Gasteiger charge is -2.16. The van der Waals surface area contributed by atoms with Gasteiger partial charge in [-0.05, 0) is 58.7 Å². The van der Waals surface area contributed by atoms with Gasteiger partial charge in [-0.15, -0.1) is 0 Å². The molecule has 1 N–H and O–H groups in total. The molecule has 1 unspecified atom stereocenters. The number of rotatable bonds is 3. The number of halogens is 3. The molecule has 0 saturated carbocycles. The molecular formula is C15H11BrF2N2. The SMILES string of the molecule is CC(Nc1ccc(C#N)cc1F)c1ccc(F)c(Br)c1. The van der Waals surface area contributed by atoms with Gasteiger partial charge in [0, 0.05) is 6.04 Å². The molecule has 2 nitrogen and oxygen atoms in total. The van der Waals surface area contributed by atoms with Crippen LogP contribution in [0.3, 0.4) is 0 Å². The molecule has 0 aliphatic heterocycles. The molecule has 1 atom stereocenters. The minimum absolute atomic E-state index is 0.200. The molecule has 2 aromatic rings. The van der Waals surface area contributed by atoms with Crippen molar-refractivity contribution in [3.8, 4) is 6.07 Å². The first-order valence-corrected chi connectivity index (χ1v) is 6.71. The minimum atomic E-state index is -0.489. The standard InChI is InChI=1S/C15H11BrF2N2/c1-9(11-3-4-13(17)12(16)7-11)20-15-5-2-10(8-19)6-14(15)18/h2-7,9,20H,1H3. The smallest absolute Gasteiger partial charge is 0.147 e. The fourth-order valence-electron chi connectivity index (χ4n) is 1.80. The Balaban J connectivity index is 2.21. The van der Waals surface area contributed by atoms with E-state index in [9.17, 15) is 8.78 Å². The average Bonchev–Trinajstić information content (AvgIpc) is 2.43. The van der Waals surface area contributed by atoms with Crippen LogP contribution in [0, 0.1) is 23.0 Å². The fourth-order valence-corrected chi connectivity index (χ4v) is 2.20. The second-order valence-electron chi connectivity index (χ2n) is 4.35. The molecule has 102 valence electrons. The second kappa shape index (κ2) is 6.02. The highest BCUT2D eigenvalue weighted by atomic mass is 79.9. The quantitative estimate of drug-likeness (QED) is 0.876. The molecule has 0 aliphatic carbocycles. The van der Waals surface area contributed by atoms with Crippen molar-refractivity contribution >= 4 is 21.6 Å². The van der Waals surface area contributed by atoms with Crippen molar-refractivity contribution in [1.82, 2.24) is 0 Å². The van der Waals surface area contributed by atoms with Crippen LogP contribution in [0.5, 0.6) is 0 Å². The van der Waals surface area contributed by atoms with E-state index in [0.29, 0.717) is 10.2 Å². The van der Waals surface area contributed by atoms with Crippen LogP contribution < -0.4 is 5.32 Å². The molecule has 2 aromatic carbocycles. The Kier molecular flexibility index (Phi) is 4.35. The normalized spacial score (nSPS) is 11.8. The Labute approximate surface area is 124 Å². The van der Waals surface area contributed by atoms with Gasteiger partial charge in [-0.2, -0.15) is 5.26 Å². The number of hydrogen-bond acceptors (Lipinski definition) is 2. The summed E-state index contributed by atoms with van der Waals surface area (Å²) < 4.78 is 27.3. The largest absolute Gasteiger partial charge is 0.376 e. The van der Waals surface area contributed by atoms with Crippen LogP contribution in [0.25, 0.3) is 0 Å². The Morgan fingerprint density at radius 3 is 2.50 bits per heavy atom. The summed E-state index contributed by atoms with van der Waals surface area (Å²) in [6.45, 7) is 1.84. The van der Waals surface area contributed by atoms with Crippen LogP contribution in [0.2, 0.25) is 0 Å². The van der Waals surface area contributed by atoms with Crippen molar-refractivity contribution in [2.24, 2.45) is 0 Å². The maximum absolute atomic E-state index is 13.8. The van der Waals surface area contributed by atoms with Gasteiger partial charge in [0.25, 0.3) is 0 Å². The maximum atomic E-state index is 13.8. The molecule has 0 heterocycles. The predicted octanol–water partition coefficient (Wildman–Crippen LogP) is 4.77. The lowest BCUT2D eigenvalue weighted by atomic mass is 10.1. The Morgan fingerprint density at radius 1 is 1.15 bits per heavy atom. The Hall–Kier alpha value is -1.93. The van der Waals surface area contributed by atoms with E-state index in [4.69, 9.17) is 5.26 Å². The molecule has 0 saturated heterocycles. The van der Waals surface area contributed by atoms with E-state index in [1.807, 2.05) is 13.0 Å². The third-order valence-electron chi connectivity index (χ3n) is 2.91. The van der Waals surface area contributed by atoms with Gasteiger partial charge in [-0.1, -0.05) is 6.07 Å². The summed E-state index contributed by atoms with van der Waals surface area (Å²) in [5.41, 5.74) is 1.39. The van der Waals surface area contributed by atoms with Crippen LogP contribution in [0.1, 0.15) is 24.1 Å². The van der Waals surface area contributed by atoms with Gasteiger partial charge >= 0.3 is 0 Å². The average molecular weight is 337 g/mol. The third-order valence-corrected chi connectivity index (χ3v) is 3.52. The van der Waals surface area contributed by atoms with Crippen LogP contribution in [0.15, 0.2) is 40.9 Å². The first-order chi connectivity index (χ1) is 9.51. The molecule has 0 aliphatic rings. The third kappa shape index (κ3) is 3.14. The zero-order valence-electron chi connectivity index (χ0n) is 10.6. The molecule has 20 heavy (non-hydrogen) atoms. The summed E-state index contributed by atoms with van der Waals surface area (Å²) in [6, 6.07) is 10.6. The molecule has 0 aromatic heterocycles. The lowest BCUT2D eigenvalue weighted by Crippen LogP contribution is -2.08. The zero-order valence-corrected chi connectivity index (χ0v) is 12.2. The highest BCUT2D eigenvalue weighted by Crippen LogP contribution is 2.25. The van der Waals surface area contributed by atoms with Crippen LogP contribution >= 0.6 is 15.9 Å². The van der Waals surface area contributed by atoms with E-state index in [2.05, 4.69) is 21.2 Å². The molecule has 0 fully saturated rings. The highest BCUT2D eigenvalue weighted by Gasteiger charge is 2.11. The van der Waals surface area contributed by atoms with Gasteiger partial charge in [-0.25, -0.2) is 8.78 Å². The number of nitrogens with zero attached hydrogens (tertiary/aromatic N) is 1. The summed E-state index contributed by atoms with van der Waals surface area (Å²) in [5.74, 6) is -0.831. The molecule has 5 heteroatoms. The zero-order chi connectivity index (χ0) is 14.7. The van der Waals surface area contributed by atoms with Gasteiger partial charge < -0.3 is 5.32 Å². The van der Waals surface area contributed by atoms with Gasteiger partial charge in [-0.3, -0.25) is 0 Å². The van der Waals surface area contributed by atoms with Gasteiger partial charge in [0.1, 0.15) is 11.6 Å². The molecular weight excluding hydrogens is 326 g/mol. The van der Waals surface area contributed by atoms with Crippen molar-refractivity contribution in [1.29, 1.82) is 5.26 Å². The number of hydrogen-bond donors (Lipinski definition) is 1. The van der Waals surface area contributed by atoms with E-state index in [1.54, 1.807) is 18.2 Å². The fraction of sp³-hybridized carbons (Fsp3) is 0.133. The van der Waals surface area contributed by atoms with Crippen LogP contribution in [0.4, 0.5) is 14.5 Å². The summed E-state index contributed by atoms with van der Waals surface area (Å²) >= 11 is 3.12. The maximum Gasteiger partial charge on any atom is 0.147 e. The molecule has 2 rings (SSSR count). The van der Waals surface area contributed by atoms with Gasteiger partial charge in [0.2, 0.25) is 0 Å². The Bertz CT molecular complexity index is 680. The van der Waals surface area contributed by atoms with E-state index in [-0.39, 0.29) is 17.4 Å². The number of anilines is 1. The first-order valence-electron chi connectivity index (χ1n) is 5.92. The summed E-state index contributed by atoms with van der Waals surface area (Å²) in [7, 11) is 0. The van der Waals surface area contributed by atoms with E-state index in [0.717, 1.165) is 5.56 Å². The van der Waals surface area contributed by atoms with Gasteiger partial charge in [0.15, 0.2) is 0 Å². The van der Waals surface area contributed by atoms with Crippen molar-refractivity contribution < 1.29 is 8.78 Å². The first kappa shape index (κ1) is 14.5. The molecule has 0 bridgehead atoms. The van der Waals surface area contributed by atoms with Crippen molar-refractivity contribution in [2.45, 2.75) is 13.0 Å². The molecule has 0 spiro atoms. The number of nitrogens with one attached hydrogen (secondary N) is 1. The monoisotopic (exact) mass is 336 g/mol. The summed E-state index contributed by atoms with van der Waals surface area (Å²) in [4.78, 5) is 0. The topological polar surface area (TPSA) is 35.8 Å². The van der Waals surface area contributed by atoms with E-state index >= 15 is 0 Å².